The Bertz CT molecular complexity index is 596. The number of ether oxygens (including phenoxy) is 1. The summed E-state index contributed by atoms with van der Waals surface area (Å²) in [5, 5.41) is 0. The van der Waals surface area contributed by atoms with Crippen LogP contribution in [-0.4, -0.2) is 25.7 Å². The van der Waals surface area contributed by atoms with Crippen LogP contribution in [0.4, 0.5) is 5.69 Å². The van der Waals surface area contributed by atoms with Gasteiger partial charge in [-0.25, -0.2) is 0 Å². The molecule has 0 spiro atoms. The molecule has 4 nitrogen and oxygen atoms in total. The molecule has 0 amide bonds. The van der Waals surface area contributed by atoms with Gasteiger partial charge < -0.3 is 14.1 Å². The minimum atomic E-state index is -0.0460. The lowest BCUT2D eigenvalue weighted by Crippen LogP contribution is -2.36. The molecule has 3 rings (SSSR count). The molecule has 1 aromatic heterocycles. The number of furan rings is 1. The van der Waals surface area contributed by atoms with Crippen LogP contribution in [0.25, 0.3) is 11.3 Å². The molecule has 1 saturated heterocycles. The quantitative estimate of drug-likeness (QED) is 0.807. The highest BCUT2D eigenvalue weighted by Gasteiger charge is 2.26. The van der Waals surface area contributed by atoms with Crippen LogP contribution in [0, 0.1) is 5.92 Å². The van der Waals surface area contributed by atoms with Crippen molar-refractivity contribution in [3.05, 3.63) is 42.7 Å². The van der Waals surface area contributed by atoms with E-state index < -0.39 is 0 Å². The smallest absolute Gasteiger partial charge is 0.309 e. The average Bonchev–Trinajstić information content (AvgIpc) is 3.10. The molecule has 1 aliphatic heterocycles. The summed E-state index contributed by atoms with van der Waals surface area (Å²) in [4.78, 5) is 14.1. The highest BCUT2D eigenvalue weighted by atomic mass is 16.5. The summed E-state index contributed by atoms with van der Waals surface area (Å²) in [6.07, 6.45) is 3.40. The Balaban J connectivity index is 1.61. The highest BCUT2D eigenvalue weighted by Crippen LogP contribution is 2.27. The number of carbonyl (C=O) groups excluding carboxylic acids is 1. The Morgan fingerprint density at radius 2 is 1.95 bits per heavy atom. The molecule has 0 aliphatic carbocycles. The third-order valence-electron chi connectivity index (χ3n) is 4.15. The van der Waals surface area contributed by atoms with Gasteiger partial charge in [0.15, 0.2) is 0 Å². The van der Waals surface area contributed by atoms with E-state index >= 15 is 0 Å². The minimum Gasteiger partial charge on any atom is -0.466 e. The fourth-order valence-electron chi connectivity index (χ4n) is 2.91. The fourth-order valence-corrected chi connectivity index (χ4v) is 2.91. The summed E-state index contributed by atoms with van der Waals surface area (Å²) >= 11 is 0. The molecule has 2 heterocycles. The summed E-state index contributed by atoms with van der Waals surface area (Å²) in [6.45, 7) is 4.11. The van der Waals surface area contributed by atoms with E-state index in [1.807, 2.05) is 19.1 Å². The van der Waals surface area contributed by atoms with Crippen molar-refractivity contribution in [3.63, 3.8) is 0 Å². The summed E-state index contributed by atoms with van der Waals surface area (Å²) in [7, 11) is 0. The van der Waals surface area contributed by atoms with E-state index in [2.05, 4.69) is 29.2 Å². The van der Waals surface area contributed by atoms with Crippen LogP contribution in [0.5, 0.6) is 0 Å². The maximum absolute atomic E-state index is 11.8. The number of anilines is 1. The molecule has 0 unspecified atom stereocenters. The first-order chi connectivity index (χ1) is 10.8. The molecule has 1 fully saturated rings. The SMILES string of the molecule is CCOC(=O)C1CCN(c2ccc(-c3ccco3)cc2)CC1. The molecule has 0 atom stereocenters. The van der Waals surface area contributed by atoms with Gasteiger partial charge in [0.1, 0.15) is 5.76 Å². The van der Waals surface area contributed by atoms with Crippen molar-refractivity contribution in [3.8, 4) is 11.3 Å². The maximum Gasteiger partial charge on any atom is 0.309 e. The van der Waals surface area contributed by atoms with Crippen molar-refractivity contribution in [2.24, 2.45) is 5.92 Å². The van der Waals surface area contributed by atoms with Gasteiger partial charge in [-0.1, -0.05) is 0 Å². The van der Waals surface area contributed by atoms with E-state index in [4.69, 9.17) is 9.15 Å². The highest BCUT2D eigenvalue weighted by molar-refractivity contribution is 5.73. The van der Waals surface area contributed by atoms with Crippen LogP contribution in [0.2, 0.25) is 0 Å². The fraction of sp³-hybridized carbons (Fsp3) is 0.389. The van der Waals surface area contributed by atoms with Crippen molar-refractivity contribution >= 4 is 11.7 Å². The van der Waals surface area contributed by atoms with Gasteiger partial charge >= 0.3 is 5.97 Å². The van der Waals surface area contributed by atoms with Crippen LogP contribution < -0.4 is 4.90 Å². The topological polar surface area (TPSA) is 42.7 Å². The van der Waals surface area contributed by atoms with E-state index in [1.165, 1.54) is 5.69 Å². The first kappa shape index (κ1) is 14.7. The third-order valence-corrected chi connectivity index (χ3v) is 4.15. The van der Waals surface area contributed by atoms with Gasteiger partial charge in [-0.05, 0) is 56.2 Å². The van der Waals surface area contributed by atoms with Crippen molar-refractivity contribution in [2.45, 2.75) is 19.8 Å². The number of carbonyl (C=O) groups is 1. The molecule has 1 aromatic carbocycles. The largest absolute Gasteiger partial charge is 0.466 e. The molecule has 22 heavy (non-hydrogen) atoms. The van der Waals surface area contributed by atoms with Crippen LogP contribution in [-0.2, 0) is 9.53 Å². The molecule has 2 aromatic rings. The standard InChI is InChI=1S/C18H21NO3/c1-2-21-18(20)15-9-11-19(12-10-15)16-7-5-14(6-8-16)17-4-3-13-22-17/h3-8,13,15H,2,9-12H2,1H3. The van der Waals surface area contributed by atoms with E-state index in [0.29, 0.717) is 6.61 Å². The molecule has 0 radical (unpaired) electrons. The van der Waals surface area contributed by atoms with Gasteiger partial charge in [0.05, 0.1) is 18.8 Å². The number of benzene rings is 1. The molecular weight excluding hydrogens is 278 g/mol. The summed E-state index contributed by atoms with van der Waals surface area (Å²) in [6, 6.07) is 12.2. The van der Waals surface area contributed by atoms with E-state index in [1.54, 1.807) is 6.26 Å². The Morgan fingerprint density at radius 1 is 1.23 bits per heavy atom. The molecule has 1 aliphatic rings. The van der Waals surface area contributed by atoms with Crippen molar-refractivity contribution in [1.82, 2.24) is 0 Å². The summed E-state index contributed by atoms with van der Waals surface area (Å²) in [5.41, 5.74) is 2.27. The monoisotopic (exact) mass is 299 g/mol. The van der Waals surface area contributed by atoms with E-state index in [-0.39, 0.29) is 11.9 Å². The van der Waals surface area contributed by atoms with E-state index in [9.17, 15) is 4.79 Å². The van der Waals surface area contributed by atoms with Crippen LogP contribution in [0.3, 0.4) is 0 Å². The number of hydrogen-bond donors (Lipinski definition) is 0. The second-order valence-electron chi connectivity index (χ2n) is 5.54. The first-order valence-corrected chi connectivity index (χ1v) is 7.83. The predicted octanol–water partition coefficient (Wildman–Crippen LogP) is 3.73. The van der Waals surface area contributed by atoms with Gasteiger partial charge in [-0.3, -0.25) is 4.79 Å². The zero-order valence-corrected chi connectivity index (χ0v) is 12.8. The lowest BCUT2D eigenvalue weighted by molar-refractivity contribution is -0.148. The summed E-state index contributed by atoms with van der Waals surface area (Å²) < 4.78 is 10.5. The Hall–Kier alpha value is -2.23. The van der Waals surface area contributed by atoms with Crippen LogP contribution in [0.15, 0.2) is 47.1 Å². The average molecular weight is 299 g/mol. The Morgan fingerprint density at radius 3 is 2.55 bits per heavy atom. The lowest BCUT2D eigenvalue weighted by Gasteiger charge is -2.32. The van der Waals surface area contributed by atoms with Gasteiger partial charge in [0, 0.05) is 24.3 Å². The van der Waals surface area contributed by atoms with Crippen molar-refractivity contribution in [1.29, 1.82) is 0 Å². The Kier molecular flexibility index (Phi) is 4.47. The Labute approximate surface area is 130 Å². The molecule has 4 heteroatoms. The predicted molar refractivity (Wildman–Crippen MR) is 85.7 cm³/mol. The normalized spacial score (nSPS) is 15.8. The van der Waals surface area contributed by atoms with Gasteiger partial charge in [0.2, 0.25) is 0 Å². The third kappa shape index (κ3) is 3.16. The van der Waals surface area contributed by atoms with Gasteiger partial charge in [-0.15, -0.1) is 0 Å². The van der Waals surface area contributed by atoms with Crippen LogP contribution >= 0.6 is 0 Å². The van der Waals surface area contributed by atoms with Crippen molar-refractivity contribution in [2.75, 3.05) is 24.6 Å². The lowest BCUT2D eigenvalue weighted by atomic mass is 9.96. The maximum atomic E-state index is 11.8. The second-order valence-corrected chi connectivity index (χ2v) is 5.54. The molecule has 0 bridgehead atoms. The molecule has 116 valence electrons. The number of nitrogens with zero attached hydrogens (tertiary/aromatic N) is 1. The molecular formula is C18H21NO3. The zero-order valence-electron chi connectivity index (χ0n) is 12.8. The number of esters is 1. The summed E-state index contributed by atoms with van der Waals surface area (Å²) in [5.74, 6) is 0.890. The molecule has 0 saturated carbocycles. The van der Waals surface area contributed by atoms with Gasteiger partial charge in [0.25, 0.3) is 0 Å². The zero-order chi connectivity index (χ0) is 15.4. The second kappa shape index (κ2) is 6.69. The number of hydrogen-bond acceptors (Lipinski definition) is 4. The van der Waals surface area contributed by atoms with Crippen molar-refractivity contribution < 1.29 is 13.9 Å². The number of piperidine rings is 1. The van der Waals surface area contributed by atoms with Crippen LogP contribution in [0.1, 0.15) is 19.8 Å². The first-order valence-electron chi connectivity index (χ1n) is 7.83. The van der Waals surface area contributed by atoms with Gasteiger partial charge in [-0.2, -0.15) is 0 Å². The minimum absolute atomic E-state index is 0.0460. The molecule has 0 N–H and O–H groups in total. The number of rotatable bonds is 4. The van der Waals surface area contributed by atoms with E-state index in [0.717, 1.165) is 37.3 Å².